The van der Waals surface area contributed by atoms with Gasteiger partial charge in [-0.3, -0.25) is 0 Å². The molecular weight excluding hydrogens is 300 g/mol. The molecule has 0 radical (unpaired) electrons. The van der Waals surface area contributed by atoms with E-state index in [1.165, 1.54) is 5.56 Å². The van der Waals surface area contributed by atoms with Gasteiger partial charge in [0.1, 0.15) is 18.0 Å². The summed E-state index contributed by atoms with van der Waals surface area (Å²) in [5.74, 6) is 1.84. The average Bonchev–Trinajstić information content (AvgIpc) is 2.61. The molecule has 0 unspecified atom stereocenters. The van der Waals surface area contributed by atoms with Gasteiger partial charge in [0, 0.05) is 25.2 Å². The fraction of sp³-hybridized carbons (Fsp3) is 0.474. The number of benzene rings is 1. The molecule has 1 heterocycles. The van der Waals surface area contributed by atoms with Crippen molar-refractivity contribution in [3.05, 3.63) is 47.8 Å². The van der Waals surface area contributed by atoms with Gasteiger partial charge in [0.2, 0.25) is 0 Å². The van der Waals surface area contributed by atoms with Crippen LogP contribution in [-0.2, 0) is 13.0 Å². The lowest BCUT2D eigenvalue weighted by Crippen LogP contribution is -2.28. The van der Waals surface area contributed by atoms with Crippen LogP contribution in [0.4, 0.5) is 11.6 Å². The van der Waals surface area contributed by atoms with Crippen LogP contribution in [0.15, 0.2) is 36.7 Å². The molecule has 0 aliphatic carbocycles. The number of nitrogens with one attached hydrogen (secondary N) is 1. The number of rotatable bonds is 10. The minimum Gasteiger partial charge on any atom is -0.395 e. The maximum absolute atomic E-state index is 9.51. The molecule has 0 amide bonds. The molecule has 5 nitrogen and oxygen atoms in total. The van der Waals surface area contributed by atoms with Gasteiger partial charge in [0.15, 0.2) is 0 Å². The standard InChI is InChI=1S/C19H28N4O/c1-3-8-17-18(20-11-4-2)21-15-22-19(17)23(12-13-24)14-16-9-6-5-7-10-16/h5-7,9-10,15,24H,3-4,8,11-14H2,1-2H3,(H,20,21,22). The maximum atomic E-state index is 9.51. The Kier molecular flexibility index (Phi) is 7.49. The molecule has 0 fully saturated rings. The monoisotopic (exact) mass is 328 g/mol. The van der Waals surface area contributed by atoms with Crippen molar-refractivity contribution in [3.8, 4) is 0 Å². The third-order valence-electron chi connectivity index (χ3n) is 3.85. The number of nitrogens with zero attached hydrogens (tertiary/aromatic N) is 3. The second-order valence-corrected chi connectivity index (χ2v) is 5.83. The molecule has 0 bridgehead atoms. The van der Waals surface area contributed by atoms with Crippen LogP contribution in [0.3, 0.4) is 0 Å². The Morgan fingerprint density at radius 2 is 1.88 bits per heavy atom. The molecule has 5 heteroatoms. The quantitative estimate of drug-likeness (QED) is 0.701. The molecule has 24 heavy (non-hydrogen) atoms. The molecule has 2 aromatic rings. The first-order valence-electron chi connectivity index (χ1n) is 8.77. The molecule has 1 aromatic carbocycles. The number of aliphatic hydroxyl groups is 1. The molecule has 2 N–H and O–H groups in total. The van der Waals surface area contributed by atoms with Crippen molar-refractivity contribution in [2.45, 2.75) is 39.7 Å². The van der Waals surface area contributed by atoms with Crippen LogP contribution in [0, 0.1) is 0 Å². The van der Waals surface area contributed by atoms with Gasteiger partial charge in [-0.15, -0.1) is 0 Å². The van der Waals surface area contributed by atoms with Gasteiger partial charge in [0.25, 0.3) is 0 Å². The second-order valence-electron chi connectivity index (χ2n) is 5.83. The number of hydrogen-bond donors (Lipinski definition) is 2. The first-order valence-corrected chi connectivity index (χ1v) is 8.77. The summed E-state index contributed by atoms with van der Waals surface area (Å²) in [6.45, 7) is 6.57. The lowest BCUT2D eigenvalue weighted by atomic mass is 10.1. The molecule has 0 aliphatic rings. The molecule has 0 spiro atoms. The maximum Gasteiger partial charge on any atom is 0.137 e. The van der Waals surface area contributed by atoms with Crippen LogP contribution < -0.4 is 10.2 Å². The SMILES string of the molecule is CCCNc1ncnc(N(CCO)Cc2ccccc2)c1CCC. The summed E-state index contributed by atoms with van der Waals surface area (Å²) in [6.07, 6.45) is 4.61. The lowest BCUT2D eigenvalue weighted by molar-refractivity contribution is 0.301. The van der Waals surface area contributed by atoms with E-state index in [1.807, 2.05) is 18.2 Å². The predicted molar refractivity (Wildman–Crippen MR) is 99.4 cm³/mol. The van der Waals surface area contributed by atoms with Crippen LogP contribution in [0.25, 0.3) is 0 Å². The van der Waals surface area contributed by atoms with E-state index in [1.54, 1.807) is 6.33 Å². The molecule has 1 aromatic heterocycles. The van der Waals surface area contributed by atoms with E-state index in [0.29, 0.717) is 6.54 Å². The van der Waals surface area contributed by atoms with Crippen molar-refractivity contribution in [2.24, 2.45) is 0 Å². The highest BCUT2D eigenvalue weighted by molar-refractivity contribution is 5.59. The lowest BCUT2D eigenvalue weighted by Gasteiger charge is -2.26. The molecule has 2 rings (SSSR count). The van der Waals surface area contributed by atoms with Gasteiger partial charge in [-0.1, -0.05) is 50.6 Å². The van der Waals surface area contributed by atoms with E-state index < -0.39 is 0 Å². The highest BCUT2D eigenvalue weighted by Crippen LogP contribution is 2.26. The largest absolute Gasteiger partial charge is 0.395 e. The van der Waals surface area contributed by atoms with Gasteiger partial charge < -0.3 is 15.3 Å². The van der Waals surface area contributed by atoms with E-state index >= 15 is 0 Å². The van der Waals surface area contributed by atoms with Crippen molar-refractivity contribution in [3.63, 3.8) is 0 Å². The Labute approximate surface area is 144 Å². The van der Waals surface area contributed by atoms with Crippen molar-refractivity contribution in [2.75, 3.05) is 29.9 Å². The summed E-state index contributed by atoms with van der Waals surface area (Å²) >= 11 is 0. The fourth-order valence-corrected chi connectivity index (χ4v) is 2.74. The number of hydrogen-bond acceptors (Lipinski definition) is 5. The molecule has 0 saturated carbocycles. The van der Waals surface area contributed by atoms with Crippen molar-refractivity contribution >= 4 is 11.6 Å². The highest BCUT2D eigenvalue weighted by atomic mass is 16.3. The van der Waals surface area contributed by atoms with Crippen LogP contribution >= 0.6 is 0 Å². The van der Waals surface area contributed by atoms with Crippen LogP contribution in [0.1, 0.15) is 37.8 Å². The number of aromatic nitrogens is 2. The predicted octanol–water partition coefficient (Wildman–Crippen LogP) is 3.25. The fourth-order valence-electron chi connectivity index (χ4n) is 2.74. The first-order chi connectivity index (χ1) is 11.8. The summed E-state index contributed by atoms with van der Waals surface area (Å²) in [6, 6.07) is 10.3. The Morgan fingerprint density at radius 1 is 1.08 bits per heavy atom. The van der Waals surface area contributed by atoms with Gasteiger partial charge in [0.05, 0.1) is 6.61 Å². The van der Waals surface area contributed by atoms with Gasteiger partial charge >= 0.3 is 0 Å². The van der Waals surface area contributed by atoms with Crippen LogP contribution in [0.5, 0.6) is 0 Å². The Morgan fingerprint density at radius 3 is 2.54 bits per heavy atom. The average molecular weight is 328 g/mol. The molecular formula is C19H28N4O. The van der Waals surface area contributed by atoms with Crippen molar-refractivity contribution < 1.29 is 5.11 Å². The molecule has 0 atom stereocenters. The first kappa shape index (κ1) is 18.2. The zero-order valence-corrected chi connectivity index (χ0v) is 14.7. The second kappa shape index (κ2) is 9.88. The summed E-state index contributed by atoms with van der Waals surface area (Å²) < 4.78 is 0. The zero-order chi connectivity index (χ0) is 17.2. The smallest absolute Gasteiger partial charge is 0.137 e. The summed E-state index contributed by atoms with van der Waals surface area (Å²) in [5.41, 5.74) is 2.34. The van der Waals surface area contributed by atoms with E-state index in [9.17, 15) is 5.11 Å². The Bertz CT molecular complexity index is 604. The van der Waals surface area contributed by atoms with Crippen molar-refractivity contribution in [1.82, 2.24) is 9.97 Å². The van der Waals surface area contributed by atoms with Crippen molar-refractivity contribution in [1.29, 1.82) is 0 Å². The van der Waals surface area contributed by atoms with Crippen LogP contribution in [0.2, 0.25) is 0 Å². The number of anilines is 2. The van der Waals surface area contributed by atoms with Gasteiger partial charge in [-0.05, 0) is 18.4 Å². The zero-order valence-electron chi connectivity index (χ0n) is 14.7. The normalized spacial score (nSPS) is 10.6. The van der Waals surface area contributed by atoms with Crippen LogP contribution in [-0.4, -0.2) is 34.8 Å². The molecule has 0 saturated heterocycles. The Balaban J connectivity index is 2.33. The number of aliphatic hydroxyl groups excluding tert-OH is 1. The molecule has 0 aliphatic heterocycles. The minimum absolute atomic E-state index is 0.0973. The summed E-state index contributed by atoms with van der Waals surface area (Å²) in [5, 5.41) is 12.9. The van der Waals surface area contributed by atoms with E-state index in [2.05, 4.69) is 46.2 Å². The third-order valence-corrected chi connectivity index (χ3v) is 3.85. The third kappa shape index (κ3) is 4.93. The topological polar surface area (TPSA) is 61.3 Å². The van der Waals surface area contributed by atoms with E-state index in [4.69, 9.17) is 0 Å². The Hall–Kier alpha value is -2.14. The molecule has 130 valence electrons. The van der Waals surface area contributed by atoms with Gasteiger partial charge in [-0.25, -0.2) is 9.97 Å². The summed E-state index contributed by atoms with van der Waals surface area (Å²) in [7, 11) is 0. The minimum atomic E-state index is 0.0973. The highest BCUT2D eigenvalue weighted by Gasteiger charge is 2.17. The van der Waals surface area contributed by atoms with Gasteiger partial charge in [-0.2, -0.15) is 0 Å². The van der Waals surface area contributed by atoms with E-state index in [0.717, 1.165) is 49.6 Å². The van der Waals surface area contributed by atoms with E-state index in [-0.39, 0.29) is 6.61 Å². The summed E-state index contributed by atoms with van der Waals surface area (Å²) in [4.78, 5) is 11.1.